The second-order valence-electron chi connectivity index (χ2n) is 6.61. The fourth-order valence-electron chi connectivity index (χ4n) is 2.68. The Kier molecular flexibility index (Phi) is 6.27. The normalized spacial score (nSPS) is 14.1. The summed E-state index contributed by atoms with van der Waals surface area (Å²) in [6.07, 6.45) is 1.40. The number of benzene rings is 1. The first kappa shape index (κ1) is 18.3. The van der Waals surface area contributed by atoms with Crippen molar-refractivity contribution in [2.75, 3.05) is 21.3 Å². The Bertz CT molecular complexity index is 477. The zero-order valence-electron chi connectivity index (χ0n) is 14.7. The highest BCUT2D eigenvalue weighted by atomic mass is 16.5. The Balaban J connectivity index is 3.49. The standard InChI is InChI=1S/C18H28O4/c1-12(18(2,3)4)14(8-9-19)17-15(21-6)10-13(20-5)11-16(17)22-7/h9-12,14H,8H2,1-7H3/t12-,14-/m0/s1. The van der Waals surface area contributed by atoms with Gasteiger partial charge in [0.15, 0.2) is 0 Å². The minimum atomic E-state index is 0.0216. The van der Waals surface area contributed by atoms with Crippen molar-refractivity contribution in [1.29, 1.82) is 0 Å². The third-order valence-electron chi connectivity index (χ3n) is 4.44. The molecule has 0 fully saturated rings. The molecule has 124 valence electrons. The molecule has 0 saturated heterocycles. The van der Waals surface area contributed by atoms with E-state index in [4.69, 9.17) is 14.2 Å². The van der Waals surface area contributed by atoms with Crippen LogP contribution in [0.15, 0.2) is 12.1 Å². The van der Waals surface area contributed by atoms with Crippen molar-refractivity contribution in [1.82, 2.24) is 0 Å². The van der Waals surface area contributed by atoms with E-state index >= 15 is 0 Å². The summed E-state index contributed by atoms with van der Waals surface area (Å²) < 4.78 is 16.4. The SMILES string of the molecule is COc1cc(OC)c([C@@H](CC=O)[C@H](C)C(C)(C)C)c(OC)c1. The molecule has 0 aliphatic carbocycles. The van der Waals surface area contributed by atoms with E-state index in [0.717, 1.165) is 11.8 Å². The molecule has 0 unspecified atom stereocenters. The second kappa shape index (κ2) is 7.52. The van der Waals surface area contributed by atoms with E-state index in [0.29, 0.717) is 23.7 Å². The molecule has 22 heavy (non-hydrogen) atoms. The van der Waals surface area contributed by atoms with Crippen LogP contribution < -0.4 is 14.2 Å². The topological polar surface area (TPSA) is 44.8 Å². The van der Waals surface area contributed by atoms with Gasteiger partial charge in [0.25, 0.3) is 0 Å². The fraction of sp³-hybridized carbons (Fsp3) is 0.611. The average Bonchev–Trinajstić information content (AvgIpc) is 2.49. The van der Waals surface area contributed by atoms with Crippen LogP contribution in [0.3, 0.4) is 0 Å². The summed E-state index contributed by atoms with van der Waals surface area (Å²) >= 11 is 0. The first-order chi connectivity index (χ1) is 10.3. The first-order valence-corrected chi connectivity index (χ1v) is 7.53. The minimum Gasteiger partial charge on any atom is -0.496 e. The van der Waals surface area contributed by atoms with Crippen molar-refractivity contribution in [3.63, 3.8) is 0 Å². The Morgan fingerprint density at radius 2 is 1.55 bits per heavy atom. The molecule has 0 heterocycles. The van der Waals surface area contributed by atoms with E-state index in [-0.39, 0.29) is 17.3 Å². The van der Waals surface area contributed by atoms with Gasteiger partial charge in [-0.2, -0.15) is 0 Å². The van der Waals surface area contributed by atoms with Crippen LogP contribution >= 0.6 is 0 Å². The summed E-state index contributed by atoms with van der Waals surface area (Å²) in [5.41, 5.74) is 0.990. The summed E-state index contributed by atoms with van der Waals surface area (Å²) in [6.45, 7) is 8.70. The number of aldehydes is 1. The molecular weight excluding hydrogens is 280 g/mol. The van der Waals surface area contributed by atoms with Crippen LogP contribution in [0.5, 0.6) is 17.2 Å². The lowest BCUT2D eigenvalue weighted by Gasteiger charge is -2.35. The van der Waals surface area contributed by atoms with Crippen molar-refractivity contribution in [2.45, 2.75) is 40.0 Å². The molecule has 0 amide bonds. The molecule has 1 aromatic rings. The number of rotatable bonds is 7. The summed E-state index contributed by atoms with van der Waals surface area (Å²) in [5, 5.41) is 0. The van der Waals surface area contributed by atoms with Gasteiger partial charge in [-0.3, -0.25) is 0 Å². The maximum absolute atomic E-state index is 11.2. The number of methoxy groups -OCH3 is 3. The molecule has 0 radical (unpaired) electrons. The predicted octanol–water partition coefficient (Wildman–Crippen LogP) is 4.07. The monoisotopic (exact) mass is 308 g/mol. The predicted molar refractivity (Wildman–Crippen MR) is 88.1 cm³/mol. The van der Waals surface area contributed by atoms with Gasteiger partial charge in [0, 0.05) is 30.0 Å². The first-order valence-electron chi connectivity index (χ1n) is 7.53. The van der Waals surface area contributed by atoms with E-state index in [1.165, 1.54) is 0 Å². The lowest BCUT2D eigenvalue weighted by atomic mass is 9.70. The second-order valence-corrected chi connectivity index (χ2v) is 6.61. The van der Waals surface area contributed by atoms with Crippen LogP contribution in [0.4, 0.5) is 0 Å². The van der Waals surface area contributed by atoms with Crippen LogP contribution in [-0.4, -0.2) is 27.6 Å². The molecule has 4 heteroatoms. The molecule has 0 spiro atoms. The Hall–Kier alpha value is -1.71. The van der Waals surface area contributed by atoms with Gasteiger partial charge in [-0.25, -0.2) is 0 Å². The number of ether oxygens (including phenoxy) is 3. The van der Waals surface area contributed by atoms with Gasteiger partial charge in [-0.05, 0) is 11.3 Å². The molecule has 0 saturated carbocycles. The molecular formula is C18H28O4. The summed E-state index contributed by atoms with van der Waals surface area (Å²) in [4.78, 5) is 11.2. The number of hydrogen-bond acceptors (Lipinski definition) is 4. The molecule has 1 aromatic carbocycles. The van der Waals surface area contributed by atoms with E-state index in [1.54, 1.807) is 21.3 Å². The fourth-order valence-corrected chi connectivity index (χ4v) is 2.68. The van der Waals surface area contributed by atoms with Crippen molar-refractivity contribution >= 4 is 6.29 Å². The highest BCUT2D eigenvalue weighted by Gasteiger charge is 2.33. The third kappa shape index (κ3) is 3.93. The zero-order chi connectivity index (χ0) is 16.9. The van der Waals surface area contributed by atoms with Crippen LogP contribution in [-0.2, 0) is 4.79 Å². The molecule has 0 aliphatic rings. The van der Waals surface area contributed by atoms with Crippen LogP contribution in [0.2, 0.25) is 0 Å². The van der Waals surface area contributed by atoms with Gasteiger partial charge in [-0.15, -0.1) is 0 Å². The summed E-state index contributed by atoms with van der Waals surface area (Å²) in [7, 11) is 4.85. The smallest absolute Gasteiger partial charge is 0.129 e. The van der Waals surface area contributed by atoms with Crippen molar-refractivity contribution in [2.24, 2.45) is 11.3 Å². The summed E-state index contributed by atoms with van der Waals surface area (Å²) in [6, 6.07) is 3.68. The maximum Gasteiger partial charge on any atom is 0.129 e. The number of hydrogen-bond donors (Lipinski definition) is 0. The number of carbonyl (C=O) groups excluding carboxylic acids is 1. The Labute approximate surface area is 133 Å². The maximum atomic E-state index is 11.2. The highest BCUT2D eigenvalue weighted by Crippen LogP contribution is 2.47. The van der Waals surface area contributed by atoms with Gasteiger partial charge >= 0.3 is 0 Å². The molecule has 2 atom stereocenters. The van der Waals surface area contributed by atoms with Crippen LogP contribution in [0, 0.1) is 11.3 Å². The van der Waals surface area contributed by atoms with Crippen LogP contribution in [0.1, 0.15) is 45.6 Å². The average molecular weight is 308 g/mol. The van der Waals surface area contributed by atoms with Gasteiger partial charge < -0.3 is 19.0 Å². The lowest BCUT2D eigenvalue weighted by Crippen LogP contribution is -2.25. The molecule has 0 aromatic heterocycles. The zero-order valence-corrected chi connectivity index (χ0v) is 14.7. The molecule has 0 bridgehead atoms. The quantitative estimate of drug-likeness (QED) is 0.712. The van der Waals surface area contributed by atoms with Gasteiger partial charge in [0.2, 0.25) is 0 Å². The third-order valence-corrected chi connectivity index (χ3v) is 4.44. The van der Waals surface area contributed by atoms with Crippen molar-refractivity contribution < 1.29 is 19.0 Å². The highest BCUT2D eigenvalue weighted by molar-refractivity contribution is 5.58. The van der Waals surface area contributed by atoms with Crippen LogP contribution in [0.25, 0.3) is 0 Å². The van der Waals surface area contributed by atoms with E-state index in [1.807, 2.05) is 12.1 Å². The van der Waals surface area contributed by atoms with E-state index < -0.39 is 0 Å². The van der Waals surface area contributed by atoms with Gasteiger partial charge in [0.1, 0.15) is 23.5 Å². The van der Waals surface area contributed by atoms with E-state index in [9.17, 15) is 4.79 Å². The Morgan fingerprint density at radius 3 is 1.86 bits per heavy atom. The van der Waals surface area contributed by atoms with Crippen molar-refractivity contribution in [3.05, 3.63) is 17.7 Å². The molecule has 0 N–H and O–H groups in total. The molecule has 1 rings (SSSR count). The summed E-state index contributed by atoms with van der Waals surface area (Å²) in [5.74, 6) is 2.35. The largest absolute Gasteiger partial charge is 0.496 e. The molecule has 0 aliphatic heterocycles. The minimum absolute atomic E-state index is 0.0216. The van der Waals surface area contributed by atoms with Crippen molar-refractivity contribution in [3.8, 4) is 17.2 Å². The molecule has 4 nitrogen and oxygen atoms in total. The Morgan fingerprint density at radius 1 is 1.05 bits per heavy atom. The van der Waals surface area contributed by atoms with E-state index in [2.05, 4.69) is 27.7 Å². The number of carbonyl (C=O) groups is 1. The lowest BCUT2D eigenvalue weighted by molar-refractivity contribution is -0.108. The van der Waals surface area contributed by atoms with Gasteiger partial charge in [0.05, 0.1) is 21.3 Å². The van der Waals surface area contributed by atoms with Gasteiger partial charge in [-0.1, -0.05) is 27.7 Å².